The highest BCUT2D eigenvalue weighted by atomic mass is 35.5. The predicted octanol–water partition coefficient (Wildman–Crippen LogP) is 3.40. The van der Waals surface area contributed by atoms with E-state index < -0.39 is 39.1 Å². The number of hydrogen-bond acceptors (Lipinski definition) is 5. The van der Waals surface area contributed by atoms with Crippen LogP contribution in [-0.2, 0) is 14.8 Å². The van der Waals surface area contributed by atoms with Gasteiger partial charge in [0.2, 0.25) is 10.0 Å². The number of carbonyl (C=O) groups is 1. The van der Waals surface area contributed by atoms with Gasteiger partial charge in [-0.15, -0.1) is 0 Å². The van der Waals surface area contributed by atoms with Gasteiger partial charge in [-0.1, -0.05) is 41.4 Å². The first-order valence-electron chi connectivity index (χ1n) is 7.03. The third-order valence-electron chi connectivity index (χ3n) is 3.33. The maximum Gasteiger partial charge on any atom is 0.305 e. The molecule has 0 saturated carbocycles. The van der Waals surface area contributed by atoms with Gasteiger partial charge >= 0.3 is 5.97 Å². The third-order valence-corrected chi connectivity index (χ3v) is 5.22. The largest absolute Gasteiger partial charge is 0.481 e. The number of rotatable bonds is 7. The summed E-state index contributed by atoms with van der Waals surface area (Å²) < 4.78 is 27.4. The number of aliphatic carboxylic acids is 1. The van der Waals surface area contributed by atoms with E-state index in [2.05, 4.69) is 4.72 Å². The van der Waals surface area contributed by atoms with Crippen molar-refractivity contribution < 1.29 is 23.2 Å². The average Bonchev–Trinajstić information content (AvgIpc) is 2.52. The van der Waals surface area contributed by atoms with Crippen molar-refractivity contribution in [3.8, 4) is 0 Å². The summed E-state index contributed by atoms with van der Waals surface area (Å²) in [5.41, 5.74) is -0.470. The van der Waals surface area contributed by atoms with Crippen molar-refractivity contribution in [3.63, 3.8) is 0 Å². The molecule has 8 nitrogen and oxygen atoms in total. The number of benzene rings is 2. The average molecular weight is 419 g/mol. The van der Waals surface area contributed by atoms with Gasteiger partial charge in [-0.3, -0.25) is 14.9 Å². The van der Waals surface area contributed by atoms with Crippen LogP contribution in [0.3, 0.4) is 0 Å². The summed E-state index contributed by atoms with van der Waals surface area (Å²) in [5, 5.41) is 20.4. The summed E-state index contributed by atoms with van der Waals surface area (Å²) in [6.45, 7) is 0. The summed E-state index contributed by atoms with van der Waals surface area (Å²) in [5.74, 6) is -1.33. The Bertz CT molecular complexity index is 944. The molecule has 0 amide bonds. The van der Waals surface area contributed by atoms with Crippen LogP contribution in [0.25, 0.3) is 0 Å². The Hall–Kier alpha value is -2.20. The minimum Gasteiger partial charge on any atom is -0.481 e. The summed E-state index contributed by atoms with van der Waals surface area (Å²) in [4.78, 5) is 21.3. The van der Waals surface area contributed by atoms with Crippen LogP contribution < -0.4 is 4.72 Å². The van der Waals surface area contributed by atoms with Crippen molar-refractivity contribution in [1.82, 2.24) is 4.72 Å². The van der Waals surface area contributed by atoms with Gasteiger partial charge in [0.15, 0.2) is 0 Å². The predicted molar refractivity (Wildman–Crippen MR) is 94.9 cm³/mol. The Labute approximate surface area is 158 Å². The van der Waals surface area contributed by atoms with E-state index in [9.17, 15) is 23.3 Å². The van der Waals surface area contributed by atoms with Gasteiger partial charge in [0.1, 0.15) is 0 Å². The highest BCUT2D eigenvalue weighted by molar-refractivity contribution is 7.89. The molecule has 2 aromatic carbocycles. The van der Waals surface area contributed by atoms with Crippen LogP contribution in [0.4, 0.5) is 5.69 Å². The summed E-state index contributed by atoms with van der Waals surface area (Å²) in [7, 11) is -4.25. The van der Waals surface area contributed by atoms with Gasteiger partial charge in [-0.05, 0) is 18.2 Å². The van der Waals surface area contributed by atoms with Crippen LogP contribution in [-0.4, -0.2) is 24.4 Å². The highest BCUT2D eigenvalue weighted by Gasteiger charge is 2.29. The van der Waals surface area contributed by atoms with E-state index in [-0.39, 0.29) is 20.5 Å². The molecule has 0 heterocycles. The molecule has 1 atom stereocenters. The Balaban J connectivity index is 2.49. The van der Waals surface area contributed by atoms with Crippen molar-refractivity contribution in [3.05, 3.63) is 68.2 Å². The van der Waals surface area contributed by atoms with E-state index in [0.717, 1.165) is 18.2 Å². The van der Waals surface area contributed by atoms with E-state index in [1.54, 1.807) is 0 Å². The van der Waals surface area contributed by atoms with Gasteiger partial charge in [-0.2, -0.15) is 0 Å². The second kappa shape index (κ2) is 8.00. The topological polar surface area (TPSA) is 127 Å². The van der Waals surface area contributed by atoms with Crippen LogP contribution in [0.1, 0.15) is 18.0 Å². The molecule has 138 valence electrons. The molecule has 11 heteroatoms. The number of nitro benzene ring substituents is 1. The fourth-order valence-corrected chi connectivity index (χ4v) is 4.22. The first-order valence-corrected chi connectivity index (χ1v) is 9.27. The molecule has 2 rings (SSSR count). The van der Waals surface area contributed by atoms with Gasteiger partial charge in [0, 0.05) is 21.7 Å². The van der Waals surface area contributed by atoms with Crippen molar-refractivity contribution in [2.45, 2.75) is 17.4 Å². The molecule has 0 aromatic heterocycles. The van der Waals surface area contributed by atoms with Crippen molar-refractivity contribution in [2.75, 3.05) is 0 Å². The molecule has 0 fully saturated rings. The van der Waals surface area contributed by atoms with Gasteiger partial charge in [0.05, 0.1) is 22.3 Å². The monoisotopic (exact) mass is 418 g/mol. The number of nitro groups is 1. The number of carboxylic acid groups (broad SMARTS) is 1. The molecule has 0 unspecified atom stereocenters. The fraction of sp³-hybridized carbons (Fsp3) is 0.133. The Morgan fingerprint density at radius 1 is 1.19 bits per heavy atom. The standard InChI is InChI=1S/C15H12Cl2N2O6S/c16-9-5-10(17)7-11(6-9)26(24,25)18-13(8-15(20)21)12-3-1-2-4-14(12)19(22)23/h1-7,13,18H,8H2,(H,20,21)/t13-/m0/s1. The fourth-order valence-electron chi connectivity index (χ4n) is 2.28. The zero-order chi connectivity index (χ0) is 19.5. The number of para-hydroxylation sites is 1. The second-order valence-corrected chi connectivity index (χ2v) is 7.78. The quantitative estimate of drug-likeness (QED) is 0.523. The van der Waals surface area contributed by atoms with Crippen LogP contribution in [0.5, 0.6) is 0 Å². The van der Waals surface area contributed by atoms with E-state index in [1.807, 2.05) is 0 Å². The van der Waals surface area contributed by atoms with E-state index in [1.165, 1.54) is 24.3 Å². The van der Waals surface area contributed by atoms with Crippen LogP contribution in [0, 0.1) is 10.1 Å². The van der Waals surface area contributed by atoms with Crippen molar-refractivity contribution >= 4 is 44.9 Å². The maximum absolute atomic E-state index is 12.6. The van der Waals surface area contributed by atoms with Gasteiger partial charge < -0.3 is 5.11 Å². The van der Waals surface area contributed by atoms with E-state index >= 15 is 0 Å². The van der Waals surface area contributed by atoms with Gasteiger partial charge in [0.25, 0.3) is 5.69 Å². The normalized spacial score (nSPS) is 12.5. The number of carboxylic acids is 1. The van der Waals surface area contributed by atoms with Crippen LogP contribution in [0.15, 0.2) is 47.4 Å². The third kappa shape index (κ3) is 4.92. The highest BCUT2D eigenvalue weighted by Crippen LogP contribution is 2.29. The SMILES string of the molecule is O=C(O)C[C@H](NS(=O)(=O)c1cc(Cl)cc(Cl)c1)c1ccccc1[N+](=O)[O-]. The summed E-state index contributed by atoms with van der Waals surface area (Å²) in [6, 6.07) is 7.52. The summed E-state index contributed by atoms with van der Waals surface area (Å²) >= 11 is 11.6. The summed E-state index contributed by atoms with van der Waals surface area (Å²) in [6.07, 6.45) is -0.696. The Morgan fingerprint density at radius 2 is 1.77 bits per heavy atom. The minimum atomic E-state index is -4.25. The zero-order valence-electron chi connectivity index (χ0n) is 12.9. The number of nitrogens with one attached hydrogen (secondary N) is 1. The lowest BCUT2D eigenvalue weighted by Gasteiger charge is -2.18. The molecule has 0 bridgehead atoms. The molecule has 2 N–H and O–H groups in total. The lowest BCUT2D eigenvalue weighted by atomic mass is 10.0. The molecule has 0 spiro atoms. The number of hydrogen-bond donors (Lipinski definition) is 2. The number of sulfonamides is 1. The van der Waals surface area contributed by atoms with Crippen LogP contribution >= 0.6 is 23.2 Å². The molecular formula is C15H12Cl2N2O6S. The molecule has 0 radical (unpaired) electrons. The molecule has 0 saturated heterocycles. The van der Waals surface area contributed by atoms with Gasteiger partial charge in [-0.25, -0.2) is 13.1 Å². The molecular weight excluding hydrogens is 407 g/mol. The molecule has 0 aliphatic heterocycles. The van der Waals surface area contributed by atoms with E-state index in [0.29, 0.717) is 0 Å². The minimum absolute atomic E-state index is 0.0679. The first kappa shape index (κ1) is 20.1. The molecule has 2 aromatic rings. The lowest BCUT2D eigenvalue weighted by Crippen LogP contribution is -2.30. The van der Waals surface area contributed by atoms with Crippen molar-refractivity contribution in [2.24, 2.45) is 0 Å². The molecule has 26 heavy (non-hydrogen) atoms. The molecule has 0 aliphatic rings. The maximum atomic E-state index is 12.6. The number of halogens is 2. The molecule has 0 aliphatic carbocycles. The second-order valence-electron chi connectivity index (χ2n) is 5.19. The van der Waals surface area contributed by atoms with E-state index in [4.69, 9.17) is 28.3 Å². The lowest BCUT2D eigenvalue weighted by molar-refractivity contribution is -0.385. The zero-order valence-corrected chi connectivity index (χ0v) is 15.3. The number of nitrogens with zero attached hydrogens (tertiary/aromatic N) is 1. The van der Waals surface area contributed by atoms with Crippen molar-refractivity contribution in [1.29, 1.82) is 0 Å². The Kier molecular flexibility index (Phi) is 6.19. The first-order chi connectivity index (χ1) is 12.1. The van der Waals surface area contributed by atoms with Crippen LogP contribution in [0.2, 0.25) is 10.0 Å². The smallest absolute Gasteiger partial charge is 0.305 e. The Morgan fingerprint density at radius 3 is 2.31 bits per heavy atom.